The standard InChI is InChI=1S/C14H6F9NO/c15-12(16,17)10-8(5-6-24-11(10)13(18,19)20)7-3-1-2-4-9(7)25-14(21,22)23/h1-6H. The number of ether oxygens (including phenoxy) is 1. The van der Waals surface area contributed by atoms with E-state index >= 15 is 0 Å². The summed E-state index contributed by atoms with van der Waals surface area (Å²) in [4.78, 5) is 2.70. The van der Waals surface area contributed by atoms with Crippen LogP contribution in [0.2, 0.25) is 0 Å². The van der Waals surface area contributed by atoms with Gasteiger partial charge in [0.05, 0.1) is 5.56 Å². The molecule has 2 nitrogen and oxygen atoms in total. The zero-order chi connectivity index (χ0) is 19.0. The van der Waals surface area contributed by atoms with E-state index in [0.29, 0.717) is 18.3 Å². The molecule has 0 unspecified atom stereocenters. The van der Waals surface area contributed by atoms with Gasteiger partial charge in [0, 0.05) is 17.3 Å². The van der Waals surface area contributed by atoms with Gasteiger partial charge in [-0.05, 0) is 12.1 Å². The van der Waals surface area contributed by atoms with Crippen molar-refractivity contribution in [2.45, 2.75) is 18.7 Å². The monoisotopic (exact) mass is 375 g/mol. The average molecular weight is 375 g/mol. The Morgan fingerprint density at radius 1 is 0.720 bits per heavy atom. The molecule has 1 aromatic heterocycles. The van der Waals surface area contributed by atoms with Crippen LogP contribution in [0.1, 0.15) is 11.3 Å². The van der Waals surface area contributed by atoms with E-state index < -0.39 is 46.8 Å². The largest absolute Gasteiger partial charge is 0.573 e. The van der Waals surface area contributed by atoms with Crippen molar-refractivity contribution in [1.82, 2.24) is 4.98 Å². The average Bonchev–Trinajstić information content (AvgIpc) is 2.43. The summed E-state index contributed by atoms with van der Waals surface area (Å²) >= 11 is 0. The molecular formula is C14H6F9NO. The highest BCUT2D eigenvalue weighted by atomic mass is 19.4. The molecule has 2 rings (SSSR count). The topological polar surface area (TPSA) is 22.1 Å². The van der Waals surface area contributed by atoms with Crippen molar-refractivity contribution < 1.29 is 44.3 Å². The third-order valence-electron chi connectivity index (χ3n) is 2.91. The van der Waals surface area contributed by atoms with Gasteiger partial charge in [-0.1, -0.05) is 18.2 Å². The molecular weight excluding hydrogens is 369 g/mol. The van der Waals surface area contributed by atoms with Crippen LogP contribution in [0.4, 0.5) is 39.5 Å². The van der Waals surface area contributed by atoms with Crippen LogP contribution in [0.5, 0.6) is 5.75 Å². The Balaban J connectivity index is 2.78. The van der Waals surface area contributed by atoms with E-state index in [-0.39, 0.29) is 0 Å². The number of para-hydroxylation sites is 1. The first kappa shape index (κ1) is 18.9. The summed E-state index contributed by atoms with van der Waals surface area (Å²) in [6, 6.07) is 4.11. The van der Waals surface area contributed by atoms with Gasteiger partial charge in [0.1, 0.15) is 5.75 Å². The molecule has 0 aliphatic heterocycles. The van der Waals surface area contributed by atoms with Crippen molar-refractivity contribution in [2.75, 3.05) is 0 Å². The maximum atomic E-state index is 13.2. The van der Waals surface area contributed by atoms with Gasteiger partial charge >= 0.3 is 18.7 Å². The number of nitrogens with zero attached hydrogens (tertiary/aromatic N) is 1. The zero-order valence-corrected chi connectivity index (χ0v) is 11.7. The molecule has 2 aromatic rings. The van der Waals surface area contributed by atoms with Crippen LogP contribution in [0.3, 0.4) is 0 Å². The fourth-order valence-corrected chi connectivity index (χ4v) is 2.09. The molecule has 0 bridgehead atoms. The molecule has 0 spiro atoms. The summed E-state index contributed by atoms with van der Waals surface area (Å²) < 4.78 is 119. The van der Waals surface area contributed by atoms with Crippen LogP contribution in [-0.2, 0) is 12.4 Å². The molecule has 0 aliphatic carbocycles. The van der Waals surface area contributed by atoms with E-state index in [1.165, 1.54) is 0 Å². The Kier molecular flexibility index (Phi) is 4.62. The van der Waals surface area contributed by atoms with E-state index in [1.807, 2.05) is 0 Å². The molecule has 0 aliphatic rings. The highest BCUT2D eigenvalue weighted by molar-refractivity contribution is 5.74. The molecule has 1 heterocycles. The van der Waals surface area contributed by atoms with Crippen LogP contribution >= 0.6 is 0 Å². The maximum Gasteiger partial charge on any atom is 0.573 e. The number of pyridine rings is 1. The molecule has 25 heavy (non-hydrogen) atoms. The first-order valence-electron chi connectivity index (χ1n) is 6.29. The molecule has 11 heteroatoms. The molecule has 0 saturated carbocycles. The molecule has 0 fully saturated rings. The molecule has 0 saturated heterocycles. The van der Waals surface area contributed by atoms with E-state index in [0.717, 1.165) is 18.2 Å². The SMILES string of the molecule is FC(F)(F)Oc1ccccc1-c1ccnc(C(F)(F)F)c1C(F)(F)F. The predicted molar refractivity (Wildman–Crippen MR) is 66.4 cm³/mol. The second kappa shape index (κ2) is 6.12. The zero-order valence-electron chi connectivity index (χ0n) is 11.7. The number of aromatic nitrogens is 1. The number of halogens is 9. The van der Waals surface area contributed by atoms with Gasteiger partial charge in [-0.25, -0.2) is 0 Å². The van der Waals surface area contributed by atoms with Crippen LogP contribution in [0.25, 0.3) is 11.1 Å². The number of hydrogen-bond donors (Lipinski definition) is 0. The Labute approximate surface area is 133 Å². The minimum Gasteiger partial charge on any atom is -0.405 e. The van der Waals surface area contributed by atoms with Gasteiger partial charge in [-0.15, -0.1) is 13.2 Å². The highest BCUT2D eigenvalue weighted by Gasteiger charge is 2.47. The third-order valence-corrected chi connectivity index (χ3v) is 2.91. The number of benzene rings is 1. The van der Waals surface area contributed by atoms with Crippen LogP contribution in [0, 0.1) is 0 Å². The van der Waals surface area contributed by atoms with E-state index in [1.54, 1.807) is 0 Å². The lowest BCUT2D eigenvalue weighted by Crippen LogP contribution is -2.20. The second-order valence-corrected chi connectivity index (χ2v) is 4.62. The lowest BCUT2D eigenvalue weighted by atomic mass is 9.97. The fraction of sp³-hybridized carbons (Fsp3) is 0.214. The molecule has 136 valence electrons. The Morgan fingerprint density at radius 2 is 1.32 bits per heavy atom. The van der Waals surface area contributed by atoms with E-state index in [4.69, 9.17) is 0 Å². The van der Waals surface area contributed by atoms with Gasteiger partial charge in [0.15, 0.2) is 5.69 Å². The summed E-state index contributed by atoms with van der Waals surface area (Å²) in [6.07, 6.45) is -15.8. The molecule has 0 amide bonds. The first-order valence-corrected chi connectivity index (χ1v) is 6.29. The molecule has 1 aromatic carbocycles. The maximum absolute atomic E-state index is 13.2. The summed E-state index contributed by atoms with van der Waals surface area (Å²) in [6.45, 7) is 0. The Hall–Kier alpha value is -2.46. The van der Waals surface area contributed by atoms with E-state index in [9.17, 15) is 39.5 Å². The lowest BCUT2D eigenvalue weighted by molar-refractivity contribution is -0.274. The minimum atomic E-state index is -5.51. The van der Waals surface area contributed by atoms with Crippen LogP contribution in [-0.4, -0.2) is 11.3 Å². The number of hydrogen-bond acceptors (Lipinski definition) is 2. The van der Waals surface area contributed by atoms with Crippen molar-refractivity contribution in [3.05, 3.63) is 47.8 Å². The first-order chi connectivity index (χ1) is 11.3. The second-order valence-electron chi connectivity index (χ2n) is 4.62. The van der Waals surface area contributed by atoms with Gasteiger partial charge in [-0.3, -0.25) is 4.98 Å². The third kappa shape index (κ3) is 4.34. The number of alkyl halides is 9. The van der Waals surface area contributed by atoms with Crippen molar-refractivity contribution in [3.8, 4) is 16.9 Å². The summed E-state index contributed by atoms with van der Waals surface area (Å²) in [5.41, 5.74) is -6.38. The summed E-state index contributed by atoms with van der Waals surface area (Å²) in [7, 11) is 0. The van der Waals surface area contributed by atoms with Crippen LogP contribution < -0.4 is 4.74 Å². The Bertz CT molecular complexity index is 762. The van der Waals surface area contributed by atoms with Crippen molar-refractivity contribution >= 4 is 0 Å². The molecule has 0 N–H and O–H groups in total. The highest BCUT2D eigenvalue weighted by Crippen LogP contribution is 2.46. The smallest absolute Gasteiger partial charge is 0.405 e. The van der Waals surface area contributed by atoms with Gasteiger partial charge < -0.3 is 4.74 Å². The quantitative estimate of drug-likeness (QED) is 0.630. The predicted octanol–water partition coefficient (Wildman–Crippen LogP) is 5.68. The molecule has 0 radical (unpaired) electrons. The van der Waals surface area contributed by atoms with Crippen LogP contribution in [0.15, 0.2) is 36.5 Å². The van der Waals surface area contributed by atoms with Gasteiger partial charge in [-0.2, -0.15) is 26.3 Å². The van der Waals surface area contributed by atoms with Crippen molar-refractivity contribution in [3.63, 3.8) is 0 Å². The molecule has 0 atom stereocenters. The minimum absolute atomic E-state index is 0.428. The van der Waals surface area contributed by atoms with E-state index in [2.05, 4.69) is 9.72 Å². The fourth-order valence-electron chi connectivity index (χ4n) is 2.09. The Morgan fingerprint density at radius 3 is 1.84 bits per heavy atom. The van der Waals surface area contributed by atoms with Gasteiger partial charge in [0.2, 0.25) is 0 Å². The summed E-state index contributed by atoms with van der Waals surface area (Å²) in [5, 5.41) is 0. The normalized spacial score (nSPS) is 13.0. The summed E-state index contributed by atoms with van der Waals surface area (Å²) in [5.74, 6) is -1.07. The van der Waals surface area contributed by atoms with Crippen molar-refractivity contribution in [1.29, 1.82) is 0 Å². The van der Waals surface area contributed by atoms with Crippen molar-refractivity contribution in [2.24, 2.45) is 0 Å². The lowest BCUT2D eigenvalue weighted by Gasteiger charge is -2.20. The van der Waals surface area contributed by atoms with Gasteiger partial charge in [0.25, 0.3) is 0 Å². The number of rotatable bonds is 2.